The second-order valence-electron chi connectivity index (χ2n) is 5.48. The molecule has 5 nitrogen and oxygen atoms in total. The van der Waals surface area contributed by atoms with E-state index in [1.165, 1.54) is 4.31 Å². The number of sulfonamides is 1. The first-order valence-electron chi connectivity index (χ1n) is 7.10. The number of rotatable bonds is 6. The van der Waals surface area contributed by atoms with Crippen molar-refractivity contribution in [3.8, 4) is 6.07 Å². The summed E-state index contributed by atoms with van der Waals surface area (Å²) in [5.41, 5.74) is -1.14. The predicted octanol–water partition coefficient (Wildman–Crippen LogP) is 2.80. The highest BCUT2D eigenvalue weighted by atomic mass is 32.2. The van der Waals surface area contributed by atoms with Crippen LogP contribution >= 0.6 is 0 Å². The van der Waals surface area contributed by atoms with Crippen molar-refractivity contribution in [3.05, 3.63) is 24.0 Å². The van der Waals surface area contributed by atoms with Gasteiger partial charge in [-0.1, -0.05) is 0 Å². The van der Waals surface area contributed by atoms with Gasteiger partial charge in [0.25, 0.3) is 0 Å². The van der Waals surface area contributed by atoms with Crippen LogP contribution in [0.5, 0.6) is 0 Å². The van der Waals surface area contributed by atoms with Crippen molar-refractivity contribution in [1.82, 2.24) is 9.29 Å². The third kappa shape index (κ3) is 4.00. The third-order valence-electron chi connectivity index (χ3n) is 3.84. The largest absolute Gasteiger partial charge is 0.433 e. The minimum Gasteiger partial charge on any atom is -0.250 e. The molecule has 126 valence electrons. The van der Waals surface area contributed by atoms with Gasteiger partial charge in [0.15, 0.2) is 0 Å². The van der Waals surface area contributed by atoms with E-state index < -0.39 is 21.9 Å². The topological polar surface area (TPSA) is 74.1 Å². The number of nitriles is 1. The number of halogens is 3. The van der Waals surface area contributed by atoms with E-state index in [9.17, 15) is 21.6 Å². The molecule has 1 aromatic heterocycles. The van der Waals surface area contributed by atoms with Gasteiger partial charge in [-0.05, 0) is 37.8 Å². The number of pyridine rings is 1. The Labute approximate surface area is 132 Å². The first-order valence-corrected chi connectivity index (χ1v) is 8.54. The summed E-state index contributed by atoms with van der Waals surface area (Å²) in [5, 5.41) is 8.70. The Hall–Kier alpha value is -1.66. The predicted molar refractivity (Wildman–Crippen MR) is 75.5 cm³/mol. The fourth-order valence-electron chi connectivity index (χ4n) is 2.35. The Kier molecular flexibility index (Phi) is 4.96. The van der Waals surface area contributed by atoms with Crippen LogP contribution in [0.15, 0.2) is 23.2 Å². The van der Waals surface area contributed by atoms with E-state index in [1.807, 2.05) is 6.07 Å². The standard InChI is InChI=1S/C14H16F3N3O2S/c1-10(11-3-4-11)20(8-2-7-18)23(21,22)12-5-6-13(19-9-12)14(15,16)17/h5-6,9-11H,2-4,8H2,1H3. The van der Waals surface area contributed by atoms with E-state index in [4.69, 9.17) is 5.26 Å². The summed E-state index contributed by atoms with van der Waals surface area (Å²) in [6.45, 7) is 1.77. The second kappa shape index (κ2) is 6.45. The van der Waals surface area contributed by atoms with Gasteiger partial charge in [-0.3, -0.25) is 4.98 Å². The van der Waals surface area contributed by atoms with E-state index in [-0.39, 0.29) is 29.8 Å². The molecule has 0 N–H and O–H groups in total. The molecule has 1 atom stereocenters. The maximum atomic E-state index is 12.7. The third-order valence-corrected chi connectivity index (χ3v) is 5.81. The van der Waals surface area contributed by atoms with Gasteiger partial charge in [0.2, 0.25) is 10.0 Å². The highest BCUT2D eigenvalue weighted by molar-refractivity contribution is 7.89. The minimum atomic E-state index is -4.62. The summed E-state index contributed by atoms with van der Waals surface area (Å²) < 4.78 is 64.1. The normalized spacial score (nSPS) is 17.0. The number of hydrogen-bond acceptors (Lipinski definition) is 4. The molecule has 1 unspecified atom stereocenters. The van der Waals surface area contributed by atoms with Gasteiger partial charge >= 0.3 is 6.18 Å². The Morgan fingerprint density at radius 1 is 1.43 bits per heavy atom. The first kappa shape index (κ1) is 17.7. The number of alkyl halides is 3. The van der Waals surface area contributed by atoms with Gasteiger partial charge in [0.1, 0.15) is 10.6 Å². The molecule has 0 radical (unpaired) electrons. The van der Waals surface area contributed by atoms with Gasteiger partial charge in [-0.25, -0.2) is 8.42 Å². The molecular formula is C14H16F3N3O2S. The molecule has 0 amide bonds. The Morgan fingerprint density at radius 2 is 2.09 bits per heavy atom. The molecular weight excluding hydrogens is 331 g/mol. The molecule has 1 heterocycles. The minimum absolute atomic E-state index is 0.0114. The van der Waals surface area contributed by atoms with Gasteiger partial charge < -0.3 is 0 Å². The first-order chi connectivity index (χ1) is 10.7. The van der Waals surface area contributed by atoms with E-state index in [0.29, 0.717) is 6.07 Å². The monoisotopic (exact) mass is 347 g/mol. The van der Waals surface area contributed by atoms with Crippen molar-refractivity contribution >= 4 is 10.0 Å². The smallest absolute Gasteiger partial charge is 0.250 e. The van der Waals surface area contributed by atoms with E-state index in [2.05, 4.69) is 4.98 Å². The molecule has 1 saturated carbocycles. The van der Waals surface area contributed by atoms with Gasteiger partial charge in [-0.2, -0.15) is 22.7 Å². The zero-order valence-corrected chi connectivity index (χ0v) is 13.2. The van der Waals surface area contributed by atoms with Crippen LogP contribution in [-0.4, -0.2) is 30.3 Å². The highest BCUT2D eigenvalue weighted by Crippen LogP contribution is 2.37. The zero-order chi connectivity index (χ0) is 17.3. The van der Waals surface area contributed by atoms with Crippen LogP contribution in [0.25, 0.3) is 0 Å². The van der Waals surface area contributed by atoms with Gasteiger partial charge in [0.05, 0.1) is 6.07 Å². The van der Waals surface area contributed by atoms with Crippen molar-refractivity contribution in [2.24, 2.45) is 5.92 Å². The van der Waals surface area contributed by atoms with Crippen LogP contribution in [0.3, 0.4) is 0 Å². The average Bonchev–Trinajstić information content (AvgIpc) is 3.31. The maximum Gasteiger partial charge on any atom is 0.433 e. The molecule has 23 heavy (non-hydrogen) atoms. The van der Waals surface area contributed by atoms with Crippen LogP contribution in [0, 0.1) is 17.2 Å². The molecule has 9 heteroatoms. The fourth-order valence-corrected chi connectivity index (χ4v) is 3.99. The lowest BCUT2D eigenvalue weighted by Gasteiger charge is -2.27. The van der Waals surface area contributed by atoms with E-state index in [0.717, 1.165) is 25.1 Å². The van der Waals surface area contributed by atoms with Crippen LogP contribution in [0.2, 0.25) is 0 Å². The highest BCUT2D eigenvalue weighted by Gasteiger charge is 2.39. The van der Waals surface area contributed by atoms with E-state index >= 15 is 0 Å². The van der Waals surface area contributed by atoms with Gasteiger partial charge in [0, 0.05) is 25.2 Å². The Morgan fingerprint density at radius 3 is 2.52 bits per heavy atom. The molecule has 0 aromatic carbocycles. The Balaban J connectivity index is 2.31. The molecule has 0 saturated heterocycles. The molecule has 1 aliphatic carbocycles. The molecule has 1 aromatic rings. The van der Waals surface area contributed by atoms with Crippen LogP contribution < -0.4 is 0 Å². The summed E-state index contributed by atoms with van der Waals surface area (Å²) >= 11 is 0. The maximum absolute atomic E-state index is 12.7. The quantitative estimate of drug-likeness (QED) is 0.793. The molecule has 1 aliphatic rings. The summed E-state index contributed by atoms with van der Waals surface area (Å²) in [5.74, 6) is 0.228. The molecule has 0 bridgehead atoms. The number of aromatic nitrogens is 1. The van der Waals surface area contributed by atoms with Crippen LogP contribution in [0.4, 0.5) is 13.2 Å². The van der Waals surface area contributed by atoms with Gasteiger partial charge in [-0.15, -0.1) is 0 Å². The number of nitrogens with zero attached hydrogens (tertiary/aromatic N) is 3. The van der Waals surface area contributed by atoms with Crippen LogP contribution in [-0.2, 0) is 16.2 Å². The molecule has 0 aliphatic heterocycles. The van der Waals surface area contributed by atoms with Crippen molar-refractivity contribution in [3.63, 3.8) is 0 Å². The van der Waals surface area contributed by atoms with E-state index in [1.54, 1.807) is 6.92 Å². The lowest BCUT2D eigenvalue weighted by Crippen LogP contribution is -2.40. The summed E-state index contributed by atoms with van der Waals surface area (Å²) in [7, 11) is -3.99. The summed E-state index contributed by atoms with van der Waals surface area (Å²) in [4.78, 5) is 2.91. The SMILES string of the molecule is CC(C1CC1)N(CCC#N)S(=O)(=O)c1ccc(C(F)(F)F)nc1. The van der Waals surface area contributed by atoms with Crippen molar-refractivity contribution in [1.29, 1.82) is 5.26 Å². The molecule has 1 fully saturated rings. The lowest BCUT2D eigenvalue weighted by atomic mass is 10.2. The van der Waals surface area contributed by atoms with Crippen molar-refractivity contribution < 1.29 is 21.6 Å². The van der Waals surface area contributed by atoms with Crippen molar-refractivity contribution in [2.45, 2.75) is 43.3 Å². The zero-order valence-electron chi connectivity index (χ0n) is 12.4. The molecule has 2 rings (SSSR count). The number of hydrogen-bond donors (Lipinski definition) is 0. The summed E-state index contributed by atoms with van der Waals surface area (Å²) in [6, 6.07) is 3.16. The second-order valence-corrected chi connectivity index (χ2v) is 7.37. The Bertz CT molecular complexity index is 691. The average molecular weight is 347 g/mol. The summed E-state index contributed by atoms with van der Waals surface area (Å²) in [6.07, 6.45) is -2.07. The van der Waals surface area contributed by atoms with Crippen molar-refractivity contribution in [2.75, 3.05) is 6.54 Å². The lowest BCUT2D eigenvalue weighted by molar-refractivity contribution is -0.141. The fraction of sp³-hybridized carbons (Fsp3) is 0.571. The van der Waals surface area contributed by atoms with Crippen LogP contribution in [0.1, 0.15) is 31.9 Å². The molecule has 0 spiro atoms.